The maximum atomic E-state index is 9.01. The van der Waals surface area contributed by atoms with E-state index in [0.29, 0.717) is 6.04 Å². The maximum Gasteiger partial charge on any atom is 0.0586 e. The largest absolute Gasteiger partial charge is 0.395 e. The summed E-state index contributed by atoms with van der Waals surface area (Å²) in [6, 6.07) is 0.365. The Kier molecular flexibility index (Phi) is 3.09. The van der Waals surface area contributed by atoms with Crippen molar-refractivity contribution in [3.05, 3.63) is 11.6 Å². The van der Waals surface area contributed by atoms with Gasteiger partial charge in [-0.25, -0.2) is 0 Å². The molecule has 64 valence electrons. The fraction of sp³-hybridized carbons (Fsp3) is 0.778. The molecule has 0 radical (unpaired) electrons. The van der Waals surface area contributed by atoms with Gasteiger partial charge in [-0.15, -0.1) is 0 Å². The Morgan fingerprint density at radius 3 is 3.09 bits per heavy atom. The molecule has 1 atom stereocenters. The minimum atomic E-state index is 0.289. The first-order chi connectivity index (χ1) is 5.24. The molecule has 0 aromatic heterocycles. The van der Waals surface area contributed by atoms with Crippen LogP contribution in [0.1, 0.15) is 19.8 Å². The lowest BCUT2D eigenvalue weighted by Gasteiger charge is -2.22. The van der Waals surface area contributed by atoms with Gasteiger partial charge in [-0.1, -0.05) is 11.6 Å². The molecule has 1 N–H and O–H groups in total. The molecule has 1 aliphatic rings. The first-order valence-corrected chi connectivity index (χ1v) is 4.20. The molecule has 2 nitrogen and oxygen atoms in total. The molecule has 0 aromatic carbocycles. The molecule has 0 fully saturated rings. The molecule has 11 heavy (non-hydrogen) atoms. The summed E-state index contributed by atoms with van der Waals surface area (Å²) in [7, 11) is 2.07. The van der Waals surface area contributed by atoms with Crippen molar-refractivity contribution in [3.8, 4) is 0 Å². The highest BCUT2D eigenvalue weighted by molar-refractivity contribution is 5.02. The van der Waals surface area contributed by atoms with Gasteiger partial charge in [0.05, 0.1) is 6.61 Å². The van der Waals surface area contributed by atoms with Crippen molar-refractivity contribution in [2.75, 3.05) is 20.2 Å². The predicted octanol–water partition coefficient (Wildman–Crippen LogP) is 1.02. The quantitative estimate of drug-likeness (QED) is 0.571. The van der Waals surface area contributed by atoms with Crippen LogP contribution in [-0.2, 0) is 0 Å². The van der Waals surface area contributed by atoms with E-state index in [1.807, 2.05) is 0 Å². The van der Waals surface area contributed by atoms with Crippen LogP contribution in [-0.4, -0.2) is 36.2 Å². The third-order valence-electron chi connectivity index (χ3n) is 2.43. The Balaban J connectivity index is 2.51. The zero-order valence-corrected chi connectivity index (χ0v) is 7.38. The van der Waals surface area contributed by atoms with Crippen LogP contribution in [0.3, 0.4) is 0 Å². The van der Waals surface area contributed by atoms with Crippen molar-refractivity contribution in [1.82, 2.24) is 4.90 Å². The van der Waals surface area contributed by atoms with E-state index in [0.717, 1.165) is 19.4 Å². The van der Waals surface area contributed by atoms with Crippen LogP contribution in [0.4, 0.5) is 0 Å². The first kappa shape index (κ1) is 8.75. The number of aliphatic hydroxyl groups excluding tert-OH is 1. The average molecular weight is 155 g/mol. The second-order valence-electron chi connectivity index (χ2n) is 3.37. The van der Waals surface area contributed by atoms with E-state index in [4.69, 9.17) is 5.11 Å². The van der Waals surface area contributed by atoms with Gasteiger partial charge in [-0.2, -0.15) is 0 Å². The molecule has 0 bridgehead atoms. The van der Waals surface area contributed by atoms with Gasteiger partial charge in [0.2, 0.25) is 0 Å². The molecule has 0 saturated carbocycles. The molecule has 0 aromatic rings. The summed E-state index contributed by atoms with van der Waals surface area (Å²) in [5.74, 6) is 0. The second kappa shape index (κ2) is 3.88. The summed E-state index contributed by atoms with van der Waals surface area (Å²) in [4.78, 5) is 2.20. The van der Waals surface area contributed by atoms with Crippen LogP contribution in [0.2, 0.25) is 0 Å². The molecule has 0 amide bonds. The van der Waals surface area contributed by atoms with E-state index in [9.17, 15) is 0 Å². The van der Waals surface area contributed by atoms with Gasteiger partial charge in [0, 0.05) is 12.6 Å². The van der Waals surface area contributed by atoms with E-state index < -0.39 is 0 Å². The van der Waals surface area contributed by atoms with Crippen LogP contribution < -0.4 is 0 Å². The number of hydrogen-bond acceptors (Lipinski definition) is 2. The van der Waals surface area contributed by atoms with Gasteiger partial charge >= 0.3 is 0 Å². The summed E-state index contributed by atoms with van der Waals surface area (Å²) in [6.45, 7) is 3.43. The van der Waals surface area contributed by atoms with Crippen molar-refractivity contribution in [2.24, 2.45) is 0 Å². The maximum absolute atomic E-state index is 9.01. The average Bonchev–Trinajstić information content (AvgIpc) is 2.15. The molecule has 0 aliphatic carbocycles. The Morgan fingerprint density at radius 1 is 1.73 bits per heavy atom. The second-order valence-corrected chi connectivity index (χ2v) is 3.37. The summed E-state index contributed by atoms with van der Waals surface area (Å²) >= 11 is 0. The highest BCUT2D eigenvalue weighted by Gasteiger charge is 2.14. The number of rotatable bonds is 1. The van der Waals surface area contributed by atoms with Gasteiger partial charge in [0.25, 0.3) is 0 Å². The third-order valence-corrected chi connectivity index (χ3v) is 2.43. The van der Waals surface area contributed by atoms with Crippen molar-refractivity contribution in [2.45, 2.75) is 25.8 Å². The van der Waals surface area contributed by atoms with Crippen LogP contribution in [0, 0.1) is 0 Å². The van der Waals surface area contributed by atoms with E-state index in [-0.39, 0.29) is 6.61 Å². The van der Waals surface area contributed by atoms with E-state index in [1.165, 1.54) is 5.57 Å². The van der Waals surface area contributed by atoms with Gasteiger partial charge in [0.1, 0.15) is 0 Å². The molecule has 0 saturated heterocycles. The fourth-order valence-electron chi connectivity index (χ4n) is 1.40. The Labute approximate surface area is 68.5 Å². The lowest BCUT2D eigenvalue weighted by Crippen LogP contribution is -2.33. The number of aliphatic hydroxyl groups is 1. The monoisotopic (exact) mass is 155 g/mol. The molecule has 1 aliphatic heterocycles. The van der Waals surface area contributed by atoms with E-state index in [1.54, 1.807) is 0 Å². The summed E-state index contributed by atoms with van der Waals surface area (Å²) in [5, 5.41) is 9.01. The Bertz CT molecular complexity index is 154. The highest BCUT2D eigenvalue weighted by atomic mass is 16.3. The first-order valence-electron chi connectivity index (χ1n) is 4.20. The Hall–Kier alpha value is -0.340. The number of hydrogen-bond donors (Lipinski definition) is 1. The lowest BCUT2D eigenvalue weighted by molar-refractivity contribution is 0.153. The lowest BCUT2D eigenvalue weighted by atomic mass is 10.1. The van der Waals surface area contributed by atoms with Crippen LogP contribution in [0.5, 0.6) is 0 Å². The number of nitrogens with zero attached hydrogens (tertiary/aromatic N) is 1. The van der Waals surface area contributed by atoms with Gasteiger partial charge in [-0.3, -0.25) is 4.90 Å². The van der Waals surface area contributed by atoms with E-state index in [2.05, 4.69) is 24.9 Å². The van der Waals surface area contributed by atoms with Crippen molar-refractivity contribution in [3.63, 3.8) is 0 Å². The predicted molar refractivity (Wildman–Crippen MR) is 46.5 cm³/mol. The van der Waals surface area contributed by atoms with Crippen LogP contribution in [0.15, 0.2) is 11.6 Å². The standard InChI is InChI=1S/C9H17NO/c1-8-3-4-9(7-11)10(2)6-5-8/h5,9,11H,3-4,6-7H2,1-2H3. The van der Waals surface area contributed by atoms with Crippen molar-refractivity contribution in [1.29, 1.82) is 0 Å². The van der Waals surface area contributed by atoms with Crippen molar-refractivity contribution < 1.29 is 5.11 Å². The third kappa shape index (κ3) is 2.31. The highest BCUT2D eigenvalue weighted by Crippen LogP contribution is 2.14. The molecule has 1 heterocycles. The summed E-state index contributed by atoms with van der Waals surface area (Å²) in [6.07, 6.45) is 4.47. The zero-order chi connectivity index (χ0) is 8.27. The number of allylic oxidation sites excluding steroid dienone is 1. The summed E-state index contributed by atoms with van der Waals surface area (Å²) in [5.41, 5.74) is 1.45. The van der Waals surface area contributed by atoms with Crippen molar-refractivity contribution >= 4 is 0 Å². The topological polar surface area (TPSA) is 23.5 Å². The van der Waals surface area contributed by atoms with Gasteiger partial charge in [-0.05, 0) is 26.8 Å². The summed E-state index contributed by atoms with van der Waals surface area (Å²) < 4.78 is 0. The minimum absolute atomic E-state index is 0.289. The smallest absolute Gasteiger partial charge is 0.0586 e. The normalized spacial score (nSPS) is 27.9. The SMILES string of the molecule is CC1=CCN(C)C(CO)CC1. The van der Waals surface area contributed by atoms with Gasteiger partial charge < -0.3 is 5.11 Å². The molecule has 1 unspecified atom stereocenters. The van der Waals surface area contributed by atoms with E-state index >= 15 is 0 Å². The molecule has 2 heteroatoms. The minimum Gasteiger partial charge on any atom is -0.395 e. The Morgan fingerprint density at radius 2 is 2.45 bits per heavy atom. The molecule has 0 spiro atoms. The van der Waals surface area contributed by atoms with Crippen LogP contribution in [0.25, 0.3) is 0 Å². The zero-order valence-electron chi connectivity index (χ0n) is 7.38. The van der Waals surface area contributed by atoms with Crippen LogP contribution >= 0.6 is 0 Å². The molecular formula is C9H17NO. The van der Waals surface area contributed by atoms with Gasteiger partial charge in [0.15, 0.2) is 0 Å². The fourth-order valence-corrected chi connectivity index (χ4v) is 1.40. The molecule has 1 rings (SSSR count). The molecular weight excluding hydrogens is 138 g/mol. The number of likely N-dealkylation sites (N-methyl/N-ethyl adjacent to an activating group) is 1.